The van der Waals surface area contributed by atoms with E-state index >= 15 is 0 Å². The fraction of sp³-hybridized carbons (Fsp3) is 0.130. The lowest BCUT2D eigenvalue weighted by Gasteiger charge is -2.11. The van der Waals surface area contributed by atoms with Crippen LogP contribution in [0.25, 0.3) is 22.6 Å². The van der Waals surface area contributed by atoms with Crippen LogP contribution in [0.2, 0.25) is 0 Å². The molecule has 31 heavy (non-hydrogen) atoms. The van der Waals surface area contributed by atoms with E-state index in [2.05, 4.69) is 10.3 Å². The Bertz CT molecular complexity index is 1260. The number of aryl methyl sites for hydroxylation is 1. The zero-order valence-corrected chi connectivity index (χ0v) is 16.9. The van der Waals surface area contributed by atoms with Crippen molar-refractivity contribution >= 4 is 28.4 Å². The standard InChI is InChI=1S/C23H19N3O5/c1-3-30-21-11-10-15(13-19(21)26(28)29)22(27)24-18-12-16(9-8-14(18)2)23-25-17-6-4-5-7-20(17)31-23/h4-13H,3H2,1-2H3,(H,24,27). The Kier molecular flexibility index (Phi) is 5.36. The number of ether oxygens (including phenoxy) is 1. The number of nitro groups is 1. The van der Waals surface area contributed by atoms with Gasteiger partial charge in [-0.25, -0.2) is 4.98 Å². The SMILES string of the molecule is CCOc1ccc(C(=O)Nc2cc(-c3nc4ccccc4o3)ccc2C)cc1[N+](=O)[O-]. The van der Waals surface area contributed by atoms with Gasteiger partial charge in [-0.05, 0) is 55.8 Å². The number of benzene rings is 3. The molecule has 1 amide bonds. The zero-order chi connectivity index (χ0) is 22.0. The van der Waals surface area contributed by atoms with Crippen molar-refractivity contribution in [2.24, 2.45) is 0 Å². The third-order valence-electron chi connectivity index (χ3n) is 4.74. The smallest absolute Gasteiger partial charge is 0.311 e. The van der Waals surface area contributed by atoms with Crippen molar-refractivity contribution < 1.29 is 18.9 Å². The number of anilines is 1. The topological polar surface area (TPSA) is 108 Å². The summed E-state index contributed by atoms with van der Waals surface area (Å²) in [5, 5.41) is 14.2. The van der Waals surface area contributed by atoms with Crippen LogP contribution in [-0.2, 0) is 0 Å². The first-order valence-electron chi connectivity index (χ1n) is 9.65. The Hall–Kier alpha value is -4.20. The lowest BCUT2D eigenvalue weighted by atomic mass is 10.1. The number of hydrogen-bond donors (Lipinski definition) is 1. The number of carbonyl (C=O) groups is 1. The molecule has 0 saturated heterocycles. The van der Waals surface area contributed by atoms with Gasteiger partial charge in [-0.3, -0.25) is 14.9 Å². The number of para-hydroxylation sites is 2. The van der Waals surface area contributed by atoms with Crippen molar-refractivity contribution in [3.63, 3.8) is 0 Å². The summed E-state index contributed by atoms with van der Waals surface area (Å²) in [5.41, 5.74) is 3.40. The van der Waals surface area contributed by atoms with Gasteiger partial charge in [0.05, 0.1) is 11.5 Å². The van der Waals surface area contributed by atoms with E-state index in [1.807, 2.05) is 43.3 Å². The van der Waals surface area contributed by atoms with Gasteiger partial charge in [0.2, 0.25) is 5.89 Å². The summed E-state index contributed by atoms with van der Waals surface area (Å²) in [7, 11) is 0. The number of aromatic nitrogens is 1. The molecule has 4 aromatic rings. The van der Waals surface area contributed by atoms with Crippen molar-refractivity contribution in [2.75, 3.05) is 11.9 Å². The Morgan fingerprint density at radius 1 is 1.16 bits per heavy atom. The summed E-state index contributed by atoms with van der Waals surface area (Å²) < 4.78 is 11.1. The Morgan fingerprint density at radius 2 is 1.97 bits per heavy atom. The van der Waals surface area contributed by atoms with E-state index in [-0.39, 0.29) is 23.6 Å². The van der Waals surface area contributed by atoms with Crippen molar-refractivity contribution in [3.8, 4) is 17.2 Å². The Balaban J connectivity index is 1.63. The molecule has 0 bridgehead atoms. The second-order valence-corrected chi connectivity index (χ2v) is 6.84. The molecular weight excluding hydrogens is 398 g/mol. The summed E-state index contributed by atoms with van der Waals surface area (Å²) in [4.78, 5) is 28.0. The molecule has 0 aliphatic heterocycles. The second-order valence-electron chi connectivity index (χ2n) is 6.84. The number of hydrogen-bond acceptors (Lipinski definition) is 6. The lowest BCUT2D eigenvalue weighted by Crippen LogP contribution is -2.13. The predicted octanol–water partition coefficient (Wildman–Crippen LogP) is 5.36. The van der Waals surface area contributed by atoms with Crippen LogP contribution in [0.1, 0.15) is 22.8 Å². The molecule has 1 heterocycles. The van der Waals surface area contributed by atoms with E-state index in [9.17, 15) is 14.9 Å². The van der Waals surface area contributed by atoms with Gasteiger partial charge in [0.1, 0.15) is 5.52 Å². The van der Waals surface area contributed by atoms with Crippen molar-refractivity contribution in [2.45, 2.75) is 13.8 Å². The van der Waals surface area contributed by atoms with Gasteiger partial charge < -0.3 is 14.5 Å². The first-order valence-corrected chi connectivity index (χ1v) is 9.65. The third kappa shape index (κ3) is 4.09. The summed E-state index contributed by atoms with van der Waals surface area (Å²) in [6.07, 6.45) is 0. The highest BCUT2D eigenvalue weighted by molar-refractivity contribution is 6.05. The summed E-state index contributed by atoms with van der Waals surface area (Å²) in [6.45, 7) is 3.87. The maximum absolute atomic E-state index is 12.8. The molecule has 0 spiro atoms. The number of rotatable bonds is 6. The second kappa shape index (κ2) is 8.27. The molecule has 156 valence electrons. The molecule has 3 aromatic carbocycles. The first-order chi connectivity index (χ1) is 15.0. The molecule has 0 saturated carbocycles. The van der Waals surface area contributed by atoms with Crippen LogP contribution in [0.3, 0.4) is 0 Å². The van der Waals surface area contributed by atoms with Crippen molar-refractivity contribution in [1.82, 2.24) is 4.98 Å². The van der Waals surface area contributed by atoms with Gasteiger partial charge >= 0.3 is 5.69 Å². The number of carbonyl (C=O) groups excluding carboxylic acids is 1. The molecule has 1 N–H and O–H groups in total. The summed E-state index contributed by atoms with van der Waals surface area (Å²) in [5.74, 6) is 0.0931. The fourth-order valence-corrected chi connectivity index (χ4v) is 3.16. The molecular formula is C23H19N3O5. The van der Waals surface area contributed by atoms with Crippen LogP contribution in [0, 0.1) is 17.0 Å². The monoisotopic (exact) mass is 417 g/mol. The summed E-state index contributed by atoms with van der Waals surface area (Å²) in [6, 6.07) is 17.0. The number of nitro benzene ring substituents is 1. The zero-order valence-electron chi connectivity index (χ0n) is 16.9. The number of amides is 1. The minimum atomic E-state index is -0.569. The van der Waals surface area contributed by atoms with Gasteiger partial charge in [-0.15, -0.1) is 0 Å². The number of nitrogens with zero attached hydrogens (tertiary/aromatic N) is 2. The molecule has 4 rings (SSSR count). The fourth-order valence-electron chi connectivity index (χ4n) is 3.16. The minimum absolute atomic E-state index is 0.123. The van der Waals surface area contributed by atoms with E-state index in [0.717, 1.165) is 11.1 Å². The van der Waals surface area contributed by atoms with E-state index in [0.29, 0.717) is 22.7 Å². The molecule has 0 fully saturated rings. The van der Waals surface area contributed by atoms with E-state index in [1.54, 1.807) is 13.0 Å². The molecule has 0 atom stereocenters. The molecule has 8 heteroatoms. The summed E-state index contributed by atoms with van der Waals surface area (Å²) >= 11 is 0. The predicted molar refractivity (Wildman–Crippen MR) is 116 cm³/mol. The highest BCUT2D eigenvalue weighted by Crippen LogP contribution is 2.30. The quantitative estimate of drug-likeness (QED) is 0.334. The number of oxazole rings is 1. The van der Waals surface area contributed by atoms with Crippen molar-refractivity contribution in [1.29, 1.82) is 0 Å². The maximum atomic E-state index is 12.8. The van der Waals surface area contributed by atoms with E-state index in [4.69, 9.17) is 9.15 Å². The van der Waals surface area contributed by atoms with Gasteiger partial charge in [0.15, 0.2) is 11.3 Å². The van der Waals surface area contributed by atoms with E-state index < -0.39 is 10.8 Å². The molecule has 8 nitrogen and oxygen atoms in total. The highest BCUT2D eigenvalue weighted by atomic mass is 16.6. The molecule has 1 aromatic heterocycles. The largest absolute Gasteiger partial charge is 0.487 e. The first kappa shape index (κ1) is 20.1. The van der Waals surface area contributed by atoms with Crippen LogP contribution in [0.4, 0.5) is 11.4 Å². The maximum Gasteiger partial charge on any atom is 0.311 e. The average molecular weight is 417 g/mol. The van der Waals surface area contributed by atoms with Crippen LogP contribution in [0.5, 0.6) is 5.75 Å². The normalized spacial score (nSPS) is 10.8. The van der Waals surface area contributed by atoms with Gasteiger partial charge in [-0.2, -0.15) is 0 Å². The highest BCUT2D eigenvalue weighted by Gasteiger charge is 2.19. The number of fused-ring (bicyclic) bond motifs is 1. The minimum Gasteiger partial charge on any atom is -0.487 e. The molecule has 0 aliphatic rings. The lowest BCUT2D eigenvalue weighted by molar-refractivity contribution is -0.385. The molecule has 0 aliphatic carbocycles. The van der Waals surface area contributed by atoms with Crippen LogP contribution >= 0.6 is 0 Å². The van der Waals surface area contributed by atoms with Crippen LogP contribution < -0.4 is 10.1 Å². The van der Waals surface area contributed by atoms with Gasteiger partial charge in [-0.1, -0.05) is 18.2 Å². The van der Waals surface area contributed by atoms with Gasteiger partial charge in [0.25, 0.3) is 5.91 Å². The Morgan fingerprint density at radius 3 is 2.71 bits per heavy atom. The van der Waals surface area contributed by atoms with E-state index in [1.165, 1.54) is 18.2 Å². The van der Waals surface area contributed by atoms with Crippen molar-refractivity contribution in [3.05, 3.63) is 81.9 Å². The average Bonchev–Trinajstić information content (AvgIpc) is 3.20. The van der Waals surface area contributed by atoms with Crippen LogP contribution in [0.15, 0.2) is 65.1 Å². The van der Waals surface area contributed by atoms with Crippen LogP contribution in [-0.4, -0.2) is 22.4 Å². The van der Waals surface area contributed by atoms with Gasteiger partial charge in [0, 0.05) is 22.9 Å². The number of nitrogens with one attached hydrogen (secondary N) is 1. The Labute approximate surface area is 177 Å². The third-order valence-corrected chi connectivity index (χ3v) is 4.74. The molecule has 0 radical (unpaired) electrons. The molecule has 0 unspecified atom stereocenters.